The zero-order valence-corrected chi connectivity index (χ0v) is 15.3. The van der Waals surface area contributed by atoms with Crippen molar-refractivity contribution >= 4 is 58.1 Å². The van der Waals surface area contributed by atoms with Crippen LogP contribution in [-0.4, -0.2) is 0 Å². The summed E-state index contributed by atoms with van der Waals surface area (Å²) in [5, 5.41) is 2.61. The number of halogens is 4. The van der Waals surface area contributed by atoms with Gasteiger partial charge in [0.25, 0.3) is 0 Å². The summed E-state index contributed by atoms with van der Waals surface area (Å²) in [5.74, 6) is 0. The van der Waals surface area contributed by atoms with Crippen LogP contribution in [0.4, 0.5) is 0 Å². The van der Waals surface area contributed by atoms with Gasteiger partial charge in [-0.15, -0.1) is 0 Å². The largest absolute Gasteiger partial charge is 0.0843 e. The molecule has 4 rings (SSSR count). The summed E-state index contributed by atoms with van der Waals surface area (Å²) in [6, 6.07) is 17.2. The van der Waals surface area contributed by atoms with Gasteiger partial charge < -0.3 is 0 Å². The number of hydrogen-bond acceptors (Lipinski definition) is 0. The Bertz CT molecular complexity index is 1000. The van der Waals surface area contributed by atoms with Gasteiger partial charge in [-0.3, -0.25) is 0 Å². The van der Waals surface area contributed by atoms with Crippen molar-refractivity contribution in [2.75, 3.05) is 0 Å². The number of fused-ring (bicyclic) bond motifs is 3. The molecule has 24 heavy (non-hydrogen) atoms. The lowest BCUT2D eigenvalue weighted by Crippen LogP contribution is -1.83. The number of benzene rings is 3. The first-order valence-electron chi connectivity index (χ1n) is 7.30. The molecule has 0 radical (unpaired) electrons. The van der Waals surface area contributed by atoms with Crippen LogP contribution in [0.15, 0.2) is 54.6 Å². The summed E-state index contributed by atoms with van der Waals surface area (Å²) in [5.41, 5.74) is 6.14. The average Bonchev–Trinajstić information content (AvgIpc) is 2.81. The molecule has 0 atom stereocenters. The summed E-state index contributed by atoms with van der Waals surface area (Å²) >= 11 is 25.0. The van der Waals surface area contributed by atoms with Crippen LogP contribution in [0.2, 0.25) is 20.1 Å². The van der Waals surface area contributed by atoms with Crippen molar-refractivity contribution in [3.63, 3.8) is 0 Å². The Kier molecular flexibility index (Phi) is 4.10. The van der Waals surface area contributed by atoms with E-state index in [-0.39, 0.29) is 0 Å². The molecule has 0 amide bonds. The molecule has 0 aromatic heterocycles. The third-order valence-electron chi connectivity index (χ3n) is 4.05. The first-order chi connectivity index (χ1) is 11.5. The SMILES string of the molecule is Clc1cccc(/C=C2\c3cc(Cl)ccc3-c3c(Cl)cc(Cl)cc32)c1. The zero-order valence-electron chi connectivity index (χ0n) is 12.3. The van der Waals surface area contributed by atoms with Crippen LogP contribution in [-0.2, 0) is 0 Å². The smallest absolute Gasteiger partial charge is 0.0505 e. The molecular formula is C20H10Cl4. The van der Waals surface area contributed by atoms with E-state index in [2.05, 4.69) is 6.08 Å². The van der Waals surface area contributed by atoms with Gasteiger partial charge in [-0.05, 0) is 70.3 Å². The molecule has 118 valence electrons. The van der Waals surface area contributed by atoms with Crippen LogP contribution in [0.25, 0.3) is 22.8 Å². The molecule has 3 aromatic rings. The highest BCUT2D eigenvalue weighted by molar-refractivity contribution is 6.38. The van der Waals surface area contributed by atoms with E-state index in [1.165, 1.54) is 0 Å². The van der Waals surface area contributed by atoms with Gasteiger partial charge >= 0.3 is 0 Å². The summed E-state index contributed by atoms with van der Waals surface area (Å²) < 4.78 is 0. The Labute approximate surface area is 160 Å². The van der Waals surface area contributed by atoms with Crippen LogP contribution >= 0.6 is 46.4 Å². The highest BCUT2D eigenvalue weighted by Crippen LogP contribution is 2.49. The topological polar surface area (TPSA) is 0 Å². The van der Waals surface area contributed by atoms with Crippen molar-refractivity contribution in [2.24, 2.45) is 0 Å². The maximum Gasteiger partial charge on any atom is 0.0505 e. The molecule has 0 fully saturated rings. The molecule has 0 saturated carbocycles. The van der Waals surface area contributed by atoms with Gasteiger partial charge in [0.2, 0.25) is 0 Å². The van der Waals surface area contributed by atoms with E-state index in [9.17, 15) is 0 Å². The van der Waals surface area contributed by atoms with Gasteiger partial charge in [0, 0.05) is 20.6 Å². The van der Waals surface area contributed by atoms with Gasteiger partial charge in [0.15, 0.2) is 0 Å². The fourth-order valence-electron chi connectivity index (χ4n) is 3.08. The summed E-state index contributed by atoms with van der Waals surface area (Å²) in [6.07, 6.45) is 2.08. The third-order valence-corrected chi connectivity index (χ3v) is 5.03. The van der Waals surface area contributed by atoms with Gasteiger partial charge in [0.1, 0.15) is 0 Å². The molecular weight excluding hydrogens is 382 g/mol. The summed E-state index contributed by atoms with van der Waals surface area (Å²) in [4.78, 5) is 0. The summed E-state index contributed by atoms with van der Waals surface area (Å²) in [7, 11) is 0. The average molecular weight is 392 g/mol. The van der Waals surface area contributed by atoms with Crippen molar-refractivity contribution in [2.45, 2.75) is 0 Å². The zero-order chi connectivity index (χ0) is 16.8. The quantitative estimate of drug-likeness (QED) is 0.309. The van der Waals surface area contributed by atoms with Gasteiger partial charge in [-0.2, -0.15) is 0 Å². The monoisotopic (exact) mass is 390 g/mol. The molecule has 3 aromatic carbocycles. The minimum absolute atomic E-state index is 0.606. The van der Waals surface area contributed by atoms with Gasteiger partial charge in [-0.25, -0.2) is 0 Å². The minimum Gasteiger partial charge on any atom is -0.0843 e. The van der Waals surface area contributed by atoms with E-state index in [4.69, 9.17) is 46.4 Å². The highest BCUT2D eigenvalue weighted by atomic mass is 35.5. The summed E-state index contributed by atoms with van der Waals surface area (Å²) in [6.45, 7) is 0. The second-order valence-corrected chi connectivity index (χ2v) is 7.33. The fourth-order valence-corrected chi connectivity index (χ4v) is 4.05. The Morgan fingerprint density at radius 2 is 1.38 bits per heavy atom. The predicted molar refractivity (Wildman–Crippen MR) is 105 cm³/mol. The highest BCUT2D eigenvalue weighted by Gasteiger charge is 2.26. The van der Waals surface area contributed by atoms with Crippen LogP contribution < -0.4 is 0 Å². The van der Waals surface area contributed by atoms with E-state index in [1.807, 2.05) is 48.5 Å². The third kappa shape index (κ3) is 2.74. The Morgan fingerprint density at radius 1 is 0.625 bits per heavy atom. The lowest BCUT2D eigenvalue weighted by molar-refractivity contribution is 1.64. The molecule has 0 aliphatic heterocycles. The van der Waals surface area contributed by atoms with Crippen molar-refractivity contribution in [1.82, 2.24) is 0 Å². The molecule has 0 saturated heterocycles. The van der Waals surface area contributed by atoms with E-state index in [0.29, 0.717) is 20.1 Å². The second-order valence-electron chi connectivity index (χ2n) is 5.61. The van der Waals surface area contributed by atoms with E-state index in [1.54, 1.807) is 6.07 Å². The van der Waals surface area contributed by atoms with Crippen molar-refractivity contribution in [1.29, 1.82) is 0 Å². The van der Waals surface area contributed by atoms with Crippen molar-refractivity contribution in [3.05, 3.63) is 91.4 Å². The van der Waals surface area contributed by atoms with Crippen molar-refractivity contribution in [3.8, 4) is 11.1 Å². The van der Waals surface area contributed by atoms with E-state index in [0.717, 1.165) is 33.4 Å². The second kappa shape index (κ2) is 6.13. The fraction of sp³-hybridized carbons (Fsp3) is 0. The normalized spacial score (nSPS) is 13.9. The van der Waals surface area contributed by atoms with Crippen molar-refractivity contribution < 1.29 is 0 Å². The molecule has 0 spiro atoms. The van der Waals surface area contributed by atoms with Gasteiger partial charge in [-0.1, -0.05) is 64.6 Å². The lowest BCUT2D eigenvalue weighted by Gasteiger charge is -2.05. The minimum atomic E-state index is 0.606. The Morgan fingerprint density at radius 3 is 2.17 bits per heavy atom. The number of rotatable bonds is 1. The van der Waals surface area contributed by atoms with Crippen LogP contribution in [0.5, 0.6) is 0 Å². The Balaban J connectivity index is 2.03. The lowest BCUT2D eigenvalue weighted by atomic mass is 10.0. The Hall–Kier alpha value is -1.44. The molecule has 1 aliphatic rings. The van der Waals surface area contributed by atoms with Crippen LogP contribution in [0, 0.1) is 0 Å². The predicted octanol–water partition coefficient (Wildman–Crippen LogP) is 7.87. The molecule has 0 unspecified atom stereocenters. The standard InChI is InChI=1S/C20H10Cl4/c21-12-3-1-2-11(6-12)7-16-17-8-13(22)4-5-15(17)20-18(16)9-14(23)10-19(20)24/h1-10H/b16-7+. The molecule has 0 heterocycles. The molecule has 0 N–H and O–H groups in total. The molecule has 1 aliphatic carbocycles. The maximum absolute atomic E-state index is 6.47. The molecule has 4 heteroatoms. The maximum atomic E-state index is 6.47. The first kappa shape index (κ1) is 16.1. The molecule has 0 nitrogen and oxygen atoms in total. The van der Waals surface area contributed by atoms with Crippen LogP contribution in [0.3, 0.4) is 0 Å². The molecule has 0 bridgehead atoms. The first-order valence-corrected chi connectivity index (χ1v) is 8.81. The van der Waals surface area contributed by atoms with Gasteiger partial charge in [0.05, 0.1) is 5.02 Å². The number of hydrogen-bond donors (Lipinski definition) is 0. The van der Waals surface area contributed by atoms with E-state index >= 15 is 0 Å². The van der Waals surface area contributed by atoms with E-state index < -0.39 is 0 Å². The van der Waals surface area contributed by atoms with Crippen LogP contribution in [0.1, 0.15) is 16.7 Å².